The number of carbonyl (C=O) groups is 1. The van der Waals surface area contributed by atoms with Gasteiger partial charge in [0.2, 0.25) is 5.91 Å². The Morgan fingerprint density at radius 2 is 1.88 bits per heavy atom. The number of thioether (sulfide) groups is 1. The van der Waals surface area contributed by atoms with Gasteiger partial charge in [0.15, 0.2) is 11.5 Å². The van der Waals surface area contributed by atoms with Gasteiger partial charge in [0, 0.05) is 11.4 Å². The minimum atomic E-state index is -0.0707. The summed E-state index contributed by atoms with van der Waals surface area (Å²) in [4.78, 5) is 12.0. The van der Waals surface area contributed by atoms with Gasteiger partial charge in [-0.1, -0.05) is 18.2 Å². The van der Waals surface area contributed by atoms with Crippen LogP contribution in [0.1, 0.15) is 17.5 Å². The van der Waals surface area contributed by atoms with E-state index in [0.29, 0.717) is 18.1 Å². The summed E-state index contributed by atoms with van der Waals surface area (Å²) < 4.78 is 10.9. The van der Waals surface area contributed by atoms with E-state index in [-0.39, 0.29) is 12.3 Å². The molecule has 0 saturated carbocycles. The highest BCUT2D eigenvalue weighted by atomic mass is 32.2. The largest absolute Gasteiger partial charge is 0.493 e. The van der Waals surface area contributed by atoms with Crippen LogP contribution in [0.15, 0.2) is 42.5 Å². The van der Waals surface area contributed by atoms with Crippen molar-refractivity contribution in [3.8, 4) is 11.5 Å². The minimum Gasteiger partial charge on any atom is -0.493 e. The topological polar surface area (TPSA) is 47.6 Å². The second-order valence-electron chi connectivity index (χ2n) is 5.43. The number of hydrogen-bond donors (Lipinski definition) is 1. The standard InChI is InChI=1S/C19H23NO3S/c1-14-4-9-17(18(12-14)22-2)23-11-10-19(21)20-16-7-5-15(6-8-16)13-24-3/h4-9,12H,10-11,13H2,1-3H3,(H,20,21). The maximum atomic E-state index is 12.0. The second kappa shape index (κ2) is 9.23. The van der Waals surface area contributed by atoms with Crippen molar-refractivity contribution in [2.24, 2.45) is 0 Å². The number of anilines is 1. The molecule has 0 saturated heterocycles. The molecule has 0 spiro atoms. The van der Waals surface area contributed by atoms with E-state index in [2.05, 4.69) is 11.6 Å². The fourth-order valence-electron chi connectivity index (χ4n) is 2.22. The van der Waals surface area contributed by atoms with Gasteiger partial charge in [-0.25, -0.2) is 0 Å². The Balaban J connectivity index is 1.81. The molecule has 2 rings (SSSR count). The Kier molecular flexibility index (Phi) is 7.00. The first kappa shape index (κ1) is 18.2. The van der Waals surface area contributed by atoms with Crippen LogP contribution in [-0.4, -0.2) is 25.9 Å². The number of rotatable bonds is 8. The van der Waals surface area contributed by atoms with Crippen molar-refractivity contribution in [3.63, 3.8) is 0 Å². The first-order chi connectivity index (χ1) is 11.6. The number of ether oxygens (including phenoxy) is 2. The molecule has 1 N–H and O–H groups in total. The smallest absolute Gasteiger partial charge is 0.227 e. The van der Waals surface area contributed by atoms with E-state index in [1.807, 2.05) is 49.4 Å². The van der Waals surface area contributed by atoms with Gasteiger partial charge < -0.3 is 14.8 Å². The van der Waals surface area contributed by atoms with Gasteiger partial charge in [0.05, 0.1) is 20.1 Å². The fraction of sp³-hybridized carbons (Fsp3) is 0.316. The van der Waals surface area contributed by atoms with Crippen LogP contribution in [0.25, 0.3) is 0 Å². The zero-order valence-corrected chi connectivity index (χ0v) is 15.1. The summed E-state index contributed by atoms with van der Waals surface area (Å²) in [5, 5.41) is 2.88. The summed E-state index contributed by atoms with van der Waals surface area (Å²) >= 11 is 1.77. The van der Waals surface area contributed by atoms with Gasteiger partial charge in [0.25, 0.3) is 0 Å². The van der Waals surface area contributed by atoms with E-state index in [1.54, 1.807) is 18.9 Å². The summed E-state index contributed by atoms with van der Waals surface area (Å²) in [6.07, 6.45) is 2.35. The molecular formula is C19H23NO3S. The van der Waals surface area contributed by atoms with Crippen molar-refractivity contribution >= 4 is 23.4 Å². The van der Waals surface area contributed by atoms with Crippen LogP contribution in [0, 0.1) is 6.92 Å². The van der Waals surface area contributed by atoms with Gasteiger partial charge >= 0.3 is 0 Å². The molecule has 0 aliphatic carbocycles. The molecule has 0 bridgehead atoms. The third-order valence-corrected chi connectivity index (χ3v) is 4.08. The molecule has 0 atom stereocenters. The summed E-state index contributed by atoms with van der Waals surface area (Å²) in [5.74, 6) is 2.23. The van der Waals surface area contributed by atoms with Gasteiger partial charge in [-0.3, -0.25) is 4.79 Å². The third-order valence-electron chi connectivity index (χ3n) is 3.45. The number of amides is 1. The van der Waals surface area contributed by atoms with E-state index >= 15 is 0 Å². The molecule has 2 aromatic carbocycles. The molecule has 0 unspecified atom stereocenters. The summed E-state index contributed by atoms with van der Waals surface area (Å²) in [6.45, 7) is 2.29. The van der Waals surface area contributed by atoms with Crippen molar-refractivity contribution in [3.05, 3.63) is 53.6 Å². The van der Waals surface area contributed by atoms with Crippen LogP contribution in [0.5, 0.6) is 11.5 Å². The normalized spacial score (nSPS) is 10.3. The molecule has 5 heteroatoms. The number of methoxy groups -OCH3 is 1. The molecular weight excluding hydrogens is 322 g/mol. The zero-order valence-electron chi connectivity index (χ0n) is 14.3. The van der Waals surface area contributed by atoms with E-state index < -0.39 is 0 Å². The van der Waals surface area contributed by atoms with Crippen LogP contribution >= 0.6 is 11.8 Å². The third kappa shape index (κ3) is 5.49. The number of carbonyl (C=O) groups excluding carboxylic acids is 1. The van der Waals surface area contributed by atoms with Crippen molar-refractivity contribution in [1.82, 2.24) is 0 Å². The van der Waals surface area contributed by atoms with Crippen molar-refractivity contribution in [2.75, 3.05) is 25.3 Å². The van der Waals surface area contributed by atoms with Gasteiger partial charge in [-0.05, 0) is 48.6 Å². The Bertz CT molecular complexity index is 671. The first-order valence-corrected chi connectivity index (χ1v) is 9.17. The van der Waals surface area contributed by atoms with Crippen molar-refractivity contribution in [2.45, 2.75) is 19.1 Å². The van der Waals surface area contributed by atoms with E-state index in [0.717, 1.165) is 17.0 Å². The lowest BCUT2D eigenvalue weighted by molar-refractivity contribution is -0.116. The van der Waals surface area contributed by atoms with Crippen LogP contribution in [0.3, 0.4) is 0 Å². The molecule has 0 fully saturated rings. The highest BCUT2D eigenvalue weighted by molar-refractivity contribution is 7.97. The van der Waals surface area contributed by atoms with E-state index in [1.165, 1.54) is 5.56 Å². The molecule has 24 heavy (non-hydrogen) atoms. The molecule has 0 aromatic heterocycles. The Hall–Kier alpha value is -2.14. The summed E-state index contributed by atoms with van der Waals surface area (Å²) in [7, 11) is 1.61. The molecule has 0 radical (unpaired) electrons. The minimum absolute atomic E-state index is 0.0707. The molecule has 1 amide bonds. The Morgan fingerprint density at radius 1 is 1.12 bits per heavy atom. The fourth-order valence-corrected chi connectivity index (χ4v) is 2.75. The number of benzene rings is 2. The molecule has 0 aliphatic heterocycles. The number of aryl methyl sites for hydroxylation is 1. The molecule has 0 aliphatic rings. The molecule has 2 aromatic rings. The number of hydrogen-bond acceptors (Lipinski definition) is 4. The van der Waals surface area contributed by atoms with Crippen LogP contribution in [-0.2, 0) is 10.5 Å². The molecule has 128 valence electrons. The van der Waals surface area contributed by atoms with Crippen LogP contribution < -0.4 is 14.8 Å². The van der Waals surface area contributed by atoms with Crippen LogP contribution in [0.4, 0.5) is 5.69 Å². The predicted octanol–water partition coefficient (Wildman–Crippen LogP) is 4.27. The van der Waals surface area contributed by atoms with Gasteiger partial charge in [0.1, 0.15) is 0 Å². The van der Waals surface area contributed by atoms with Crippen molar-refractivity contribution in [1.29, 1.82) is 0 Å². The van der Waals surface area contributed by atoms with Gasteiger partial charge in [-0.15, -0.1) is 0 Å². The molecule has 4 nitrogen and oxygen atoms in total. The second-order valence-corrected chi connectivity index (χ2v) is 6.30. The monoisotopic (exact) mass is 345 g/mol. The lowest BCUT2D eigenvalue weighted by Crippen LogP contribution is -2.15. The highest BCUT2D eigenvalue weighted by Crippen LogP contribution is 2.27. The maximum absolute atomic E-state index is 12.0. The maximum Gasteiger partial charge on any atom is 0.227 e. The Labute approximate surface area is 147 Å². The predicted molar refractivity (Wildman–Crippen MR) is 100 cm³/mol. The molecule has 0 heterocycles. The van der Waals surface area contributed by atoms with Gasteiger partial charge in [-0.2, -0.15) is 11.8 Å². The zero-order chi connectivity index (χ0) is 17.4. The average Bonchev–Trinajstić information content (AvgIpc) is 2.58. The summed E-state index contributed by atoms with van der Waals surface area (Å²) in [6, 6.07) is 13.6. The lowest BCUT2D eigenvalue weighted by Gasteiger charge is -2.11. The van der Waals surface area contributed by atoms with E-state index in [9.17, 15) is 4.79 Å². The quantitative estimate of drug-likeness (QED) is 0.776. The Morgan fingerprint density at radius 3 is 2.54 bits per heavy atom. The van der Waals surface area contributed by atoms with Crippen LogP contribution in [0.2, 0.25) is 0 Å². The van der Waals surface area contributed by atoms with E-state index in [4.69, 9.17) is 9.47 Å². The summed E-state index contributed by atoms with van der Waals surface area (Å²) in [5.41, 5.74) is 3.15. The number of nitrogens with one attached hydrogen (secondary N) is 1. The lowest BCUT2D eigenvalue weighted by atomic mass is 10.2. The SMILES string of the molecule is COc1cc(C)ccc1OCCC(=O)Nc1ccc(CSC)cc1. The average molecular weight is 345 g/mol. The highest BCUT2D eigenvalue weighted by Gasteiger charge is 2.07. The van der Waals surface area contributed by atoms with Crippen molar-refractivity contribution < 1.29 is 14.3 Å². The first-order valence-electron chi connectivity index (χ1n) is 7.77.